The molecule has 0 unspecified atom stereocenters. The Morgan fingerprint density at radius 2 is 2.23 bits per heavy atom. The monoisotopic (exact) mass is 175 g/mol. The molecule has 1 heterocycles. The van der Waals surface area contributed by atoms with Crippen molar-refractivity contribution in [1.29, 1.82) is 0 Å². The van der Waals surface area contributed by atoms with E-state index in [1.807, 2.05) is 0 Å². The zero-order chi connectivity index (χ0) is 9.26. The van der Waals surface area contributed by atoms with Crippen LogP contribution in [0.15, 0.2) is 18.2 Å². The molecule has 0 spiro atoms. The number of aryl methyl sites for hydroxylation is 1. The first kappa shape index (κ1) is 8.30. The fourth-order valence-electron chi connectivity index (χ4n) is 1.67. The molecule has 68 valence electrons. The first-order valence-corrected chi connectivity index (χ1v) is 4.67. The van der Waals surface area contributed by atoms with Gasteiger partial charge in [-0.25, -0.2) is 0 Å². The predicted octanol–water partition coefficient (Wildman–Crippen LogP) is 1.42. The summed E-state index contributed by atoms with van der Waals surface area (Å²) < 4.78 is 0. The van der Waals surface area contributed by atoms with Gasteiger partial charge < -0.3 is 5.32 Å². The molecule has 1 aromatic rings. The second kappa shape index (κ2) is 3.21. The molecule has 0 saturated heterocycles. The van der Waals surface area contributed by atoms with Crippen molar-refractivity contribution in [3.63, 3.8) is 0 Å². The molecular weight excluding hydrogens is 162 g/mol. The van der Waals surface area contributed by atoms with Crippen molar-refractivity contribution in [2.24, 2.45) is 0 Å². The summed E-state index contributed by atoms with van der Waals surface area (Å²) in [6, 6.07) is 6.37. The maximum absolute atomic E-state index is 11.1. The van der Waals surface area contributed by atoms with Crippen LogP contribution < -0.4 is 5.32 Å². The molecular formula is C11H13NO. The Morgan fingerprint density at radius 1 is 1.38 bits per heavy atom. The number of fused-ring (bicyclic) bond motifs is 1. The van der Waals surface area contributed by atoms with Gasteiger partial charge in [-0.05, 0) is 23.1 Å². The smallest absolute Gasteiger partial charge is 0.224 e. The molecule has 2 heteroatoms. The Hall–Kier alpha value is -1.31. The van der Waals surface area contributed by atoms with Gasteiger partial charge in [0.2, 0.25) is 5.91 Å². The second-order valence-corrected chi connectivity index (χ2v) is 3.41. The number of nitrogens with one attached hydrogen (secondary N) is 1. The van der Waals surface area contributed by atoms with Crippen molar-refractivity contribution in [3.8, 4) is 0 Å². The zero-order valence-corrected chi connectivity index (χ0v) is 7.76. The van der Waals surface area contributed by atoms with Gasteiger partial charge in [-0.3, -0.25) is 4.79 Å². The average Bonchev–Trinajstić information content (AvgIpc) is 2.17. The average molecular weight is 175 g/mol. The van der Waals surface area contributed by atoms with Crippen molar-refractivity contribution in [2.75, 3.05) is 0 Å². The van der Waals surface area contributed by atoms with Crippen LogP contribution in [0, 0.1) is 0 Å². The van der Waals surface area contributed by atoms with Gasteiger partial charge in [0.1, 0.15) is 0 Å². The maximum Gasteiger partial charge on any atom is 0.224 e. The maximum atomic E-state index is 11.1. The van der Waals surface area contributed by atoms with E-state index in [2.05, 4.69) is 30.4 Å². The number of rotatable bonds is 1. The van der Waals surface area contributed by atoms with E-state index in [1.54, 1.807) is 0 Å². The van der Waals surface area contributed by atoms with Crippen LogP contribution >= 0.6 is 0 Å². The third-order valence-electron chi connectivity index (χ3n) is 2.51. The highest BCUT2D eigenvalue weighted by Gasteiger charge is 2.13. The SMILES string of the molecule is CCc1ccc2c(c1)CNC(=O)C2. The lowest BCUT2D eigenvalue weighted by molar-refractivity contribution is -0.121. The van der Waals surface area contributed by atoms with Crippen molar-refractivity contribution in [2.45, 2.75) is 26.3 Å². The molecule has 2 nitrogen and oxygen atoms in total. The van der Waals surface area contributed by atoms with Crippen molar-refractivity contribution in [1.82, 2.24) is 5.32 Å². The lowest BCUT2D eigenvalue weighted by Gasteiger charge is -2.17. The van der Waals surface area contributed by atoms with E-state index in [9.17, 15) is 4.79 Å². The highest BCUT2D eigenvalue weighted by Crippen LogP contribution is 2.16. The Kier molecular flexibility index (Phi) is 2.05. The number of carbonyl (C=O) groups is 1. The van der Waals surface area contributed by atoms with Crippen molar-refractivity contribution < 1.29 is 4.79 Å². The summed E-state index contributed by atoms with van der Waals surface area (Å²) in [6.45, 7) is 2.84. The van der Waals surface area contributed by atoms with Crippen LogP contribution in [0.1, 0.15) is 23.6 Å². The van der Waals surface area contributed by atoms with E-state index < -0.39 is 0 Å². The first-order valence-electron chi connectivity index (χ1n) is 4.67. The van der Waals surface area contributed by atoms with Gasteiger partial charge >= 0.3 is 0 Å². The molecule has 1 aromatic carbocycles. The molecule has 1 N–H and O–H groups in total. The summed E-state index contributed by atoms with van der Waals surface area (Å²) in [5.41, 5.74) is 3.80. The number of benzene rings is 1. The lowest BCUT2D eigenvalue weighted by Crippen LogP contribution is -2.30. The van der Waals surface area contributed by atoms with Crippen molar-refractivity contribution >= 4 is 5.91 Å². The van der Waals surface area contributed by atoms with Crippen LogP contribution in [-0.4, -0.2) is 5.91 Å². The standard InChI is InChI=1S/C11H13NO/c1-2-8-3-4-9-6-11(13)12-7-10(9)5-8/h3-5H,2,6-7H2,1H3,(H,12,13). The van der Waals surface area contributed by atoms with Gasteiger partial charge in [0.15, 0.2) is 0 Å². The third kappa shape index (κ3) is 1.57. The molecule has 1 aliphatic rings. The van der Waals surface area contributed by atoms with E-state index in [4.69, 9.17) is 0 Å². The molecule has 13 heavy (non-hydrogen) atoms. The Balaban J connectivity index is 2.36. The summed E-state index contributed by atoms with van der Waals surface area (Å²) in [6.07, 6.45) is 1.60. The normalized spacial score (nSPS) is 15.0. The number of amides is 1. The summed E-state index contributed by atoms with van der Waals surface area (Å²) in [5.74, 6) is 0.136. The molecule has 0 fully saturated rings. The molecule has 1 amide bonds. The number of hydrogen-bond acceptors (Lipinski definition) is 1. The van der Waals surface area contributed by atoms with Crippen LogP contribution in [0.25, 0.3) is 0 Å². The van der Waals surface area contributed by atoms with Crippen LogP contribution in [-0.2, 0) is 24.2 Å². The molecule has 0 radical (unpaired) electrons. The van der Waals surface area contributed by atoms with E-state index in [0.717, 1.165) is 6.42 Å². The van der Waals surface area contributed by atoms with E-state index in [-0.39, 0.29) is 5.91 Å². The Labute approximate surface area is 78.0 Å². The highest BCUT2D eigenvalue weighted by molar-refractivity contribution is 5.80. The largest absolute Gasteiger partial charge is 0.352 e. The molecule has 0 aromatic heterocycles. The van der Waals surface area contributed by atoms with Crippen LogP contribution in [0.4, 0.5) is 0 Å². The Bertz CT molecular complexity index is 344. The number of hydrogen-bond donors (Lipinski definition) is 1. The number of carbonyl (C=O) groups excluding carboxylic acids is 1. The van der Waals surface area contributed by atoms with Gasteiger partial charge in [-0.1, -0.05) is 25.1 Å². The molecule has 1 aliphatic heterocycles. The summed E-state index contributed by atoms with van der Waals surface area (Å²) in [4.78, 5) is 11.1. The summed E-state index contributed by atoms with van der Waals surface area (Å²) >= 11 is 0. The van der Waals surface area contributed by atoms with Gasteiger partial charge in [-0.15, -0.1) is 0 Å². The van der Waals surface area contributed by atoms with Crippen molar-refractivity contribution in [3.05, 3.63) is 34.9 Å². The summed E-state index contributed by atoms with van der Waals surface area (Å²) in [7, 11) is 0. The molecule has 0 atom stereocenters. The predicted molar refractivity (Wildman–Crippen MR) is 51.4 cm³/mol. The quantitative estimate of drug-likeness (QED) is 0.687. The van der Waals surface area contributed by atoms with Gasteiger partial charge in [0.05, 0.1) is 6.42 Å². The van der Waals surface area contributed by atoms with Gasteiger partial charge in [0.25, 0.3) is 0 Å². The second-order valence-electron chi connectivity index (χ2n) is 3.41. The Morgan fingerprint density at radius 3 is 3.00 bits per heavy atom. The van der Waals surface area contributed by atoms with Gasteiger partial charge in [0, 0.05) is 6.54 Å². The van der Waals surface area contributed by atoms with Crippen LogP contribution in [0.2, 0.25) is 0 Å². The summed E-state index contributed by atoms with van der Waals surface area (Å²) in [5, 5.41) is 2.85. The van der Waals surface area contributed by atoms with Crippen LogP contribution in [0.3, 0.4) is 0 Å². The minimum atomic E-state index is 0.136. The van der Waals surface area contributed by atoms with E-state index in [1.165, 1.54) is 16.7 Å². The third-order valence-corrected chi connectivity index (χ3v) is 2.51. The van der Waals surface area contributed by atoms with E-state index in [0.29, 0.717) is 13.0 Å². The fraction of sp³-hybridized carbons (Fsp3) is 0.364. The molecule has 2 rings (SSSR count). The topological polar surface area (TPSA) is 29.1 Å². The lowest BCUT2D eigenvalue weighted by atomic mass is 9.97. The van der Waals surface area contributed by atoms with Gasteiger partial charge in [-0.2, -0.15) is 0 Å². The van der Waals surface area contributed by atoms with E-state index >= 15 is 0 Å². The fourth-order valence-corrected chi connectivity index (χ4v) is 1.67. The zero-order valence-electron chi connectivity index (χ0n) is 7.76. The van der Waals surface area contributed by atoms with Crippen LogP contribution in [0.5, 0.6) is 0 Å². The highest BCUT2D eigenvalue weighted by atomic mass is 16.1. The molecule has 0 bridgehead atoms. The minimum Gasteiger partial charge on any atom is -0.352 e. The first-order chi connectivity index (χ1) is 6.29. The molecule has 0 saturated carbocycles. The molecule has 0 aliphatic carbocycles. The minimum absolute atomic E-state index is 0.136.